The summed E-state index contributed by atoms with van der Waals surface area (Å²) in [6.07, 6.45) is 0.213. The minimum absolute atomic E-state index is 0.0935. The highest BCUT2D eigenvalue weighted by molar-refractivity contribution is 5.98. The maximum absolute atomic E-state index is 12.7. The Balaban J connectivity index is 2.20. The van der Waals surface area contributed by atoms with Crippen LogP contribution in [0.5, 0.6) is 0 Å². The Morgan fingerprint density at radius 2 is 1.56 bits per heavy atom. The molecule has 0 radical (unpaired) electrons. The standard InChI is InChI=1S/C23H25NO3/c1-15(25)20-19(24-18-12-8-5-9-13-18)14-23(3,27)22(16(2)26)21(20)17-10-6-4-7-11-17/h4-13,21-22,24,27H,14H2,1-3H3/t21-,22+,23-/m0/s1. The third-order valence-electron chi connectivity index (χ3n) is 5.22. The van der Waals surface area contributed by atoms with Gasteiger partial charge >= 0.3 is 0 Å². The van der Waals surface area contributed by atoms with Gasteiger partial charge in [0.25, 0.3) is 0 Å². The second-order valence-electron chi connectivity index (χ2n) is 7.45. The number of nitrogens with one attached hydrogen (secondary N) is 1. The van der Waals surface area contributed by atoms with Gasteiger partial charge in [0, 0.05) is 29.3 Å². The Hall–Kier alpha value is -2.72. The lowest BCUT2D eigenvalue weighted by Gasteiger charge is -2.43. The average Bonchev–Trinajstić information content (AvgIpc) is 2.61. The van der Waals surface area contributed by atoms with E-state index in [2.05, 4.69) is 5.32 Å². The molecule has 0 amide bonds. The zero-order valence-electron chi connectivity index (χ0n) is 15.9. The van der Waals surface area contributed by atoms with Crippen LogP contribution < -0.4 is 5.32 Å². The van der Waals surface area contributed by atoms with Crippen molar-refractivity contribution in [3.05, 3.63) is 77.5 Å². The number of Topliss-reactive ketones (excluding diaryl/α,β-unsaturated/α-hetero) is 2. The molecule has 0 fully saturated rings. The van der Waals surface area contributed by atoms with Crippen LogP contribution in [0.1, 0.15) is 38.7 Å². The van der Waals surface area contributed by atoms with Crippen LogP contribution in [0.3, 0.4) is 0 Å². The molecule has 3 rings (SSSR count). The van der Waals surface area contributed by atoms with E-state index in [1.807, 2.05) is 60.7 Å². The molecule has 4 nitrogen and oxygen atoms in total. The Kier molecular flexibility index (Phi) is 5.29. The number of anilines is 1. The normalized spacial score (nSPS) is 25.2. The van der Waals surface area contributed by atoms with Crippen LogP contribution in [-0.4, -0.2) is 22.3 Å². The third kappa shape index (κ3) is 3.86. The Labute approximate surface area is 159 Å². The van der Waals surface area contributed by atoms with Crippen molar-refractivity contribution in [1.82, 2.24) is 0 Å². The first-order chi connectivity index (χ1) is 12.8. The SMILES string of the molecule is CC(=O)C1=C(Nc2ccccc2)C[C@](C)(O)[C@H](C(C)=O)[C@H]1c1ccccc1. The van der Waals surface area contributed by atoms with E-state index in [9.17, 15) is 14.7 Å². The number of carbonyl (C=O) groups is 2. The molecular formula is C23H25NO3. The minimum atomic E-state index is -1.26. The van der Waals surface area contributed by atoms with Crippen molar-refractivity contribution in [2.75, 3.05) is 5.32 Å². The Morgan fingerprint density at radius 3 is 2.07 bits per heavy atom. The number of benzene rings is 2. The summed E-state index contributed by atoms with van der Waals surface area (Å²) >= 11 is 0. The molecule has 0 aliphatic heterocycles. The number of hydrogen-bond acceptors (Lipinski definition) is 4. The molecule has 140 valence electrons. The van der Waals surface area contributed by atoms with Gasteiger partial charge in [-0.05, 0) is 38.5 Å². The molecule has 0 saturated carbocycles. The fraction of sp³-hybridized carbons (Fsp3) is 0.304. The van der Waals surface area contributed by atoms with Crippen molar-refractivity contribution < 1.29 is 14.7 Å². The van der Waals surface area contributed by atoms with E-state index in [-0.39, 0.29) is 18.0 Å². The molecule has 0 heterocycles. The fourth-order valence-electron chi connectivity index (χ4n) is 4.21. The Morgan fingerprint density at radius 1 is 1.00 bits per heavy atom. The number of carbonyl (C=O) groups excluding carboxylic acids is 2. The highest BCUT2D eigenvalue weighted by Gasteiger charge is 2.49. The molecular weight excluding hydrogens is 338 g/mol. The van der Waals surface area contributed by atoms with Crippen LogP contribution in [0.2, 0.25) is 0 Å². The van der Waals surface area contributed by atoms with Crippen molar-refractivity contribution in [3.63, 3.8) is 0 Å². The van der Waals surface area contributed by atoms with Gasteiger partial charge in [0.1, 0.15) is 5.78 Å². The largest absolute Gasteiger partial charge is 0.389 e. The van der Waals surface area contributed by atoms with Crippen LogP contribution in [0, 0.1) is 5.92 Å². The van der Waals surface area contributed by atoms with E-state index in [1.165, 1.54) is 13.8 Å². The first kappa shape index (κ1) is 19.1. The monoisotopic (exact) mass is 363 g/mol. The predicted octanol–water partition coefficient (Wildman–Crippen LogP) is 4.09. The maximum atomic E-state index is 12.7. The lowest BCUT2D eigenvalue weighted by Crippen LogP contribution is -2.48. The van der Waals surface area contributed by atoms with Gasteiger partial charge in [-0.2, -0.15) is 0 Å². The molecule has 0 spiro atoms. The second-order valence-corrected chi connectivity index (χ2v) is 7.45. The first-order valence-electron chi connectivity index (χ1n) is 9.15. The number of para-hydroxylation sites is 1. The highest BCUT2D eigenvalue weighted by Crippen LogP contribution is 2.47. The van der Waals surface area contributed by atoms with Gasteiger partial charge in [-0.3, -0.25) is 9.59 Å². The summed E-state index contributed by atoms with van der Waals surface area (Å²) < 4.78 is 0. The van der Waals surface area contributed by atoms with E-state index in [1.54, 1.807) is 6.92 Å². The van der Waals surface area contributed by atoms with Crippen molar-refractivity contribution in [3.8, 4) is 0 Å². The van der Waals surface area contributed by atoms with Crippen LogP contribution >= 0.6 is 0 Å². The van der Waals surface area contributed by atoms with Gasteiger partial charge in [0.2, 0.25) is 0 Å². The number of aliphatic hydroxyl groups is 1. The summed E-state index contributed by atoms with van der Waals surface area (Å²) in [5.74, 6) is -1.38. The summed E-state index contributed by atoms with van der Waals surface area (Å²) in [6.45, 7) is 4.69. The first-order valence-corrected chi connectivity index (χ1v) is 9.15. The summed E-state index contributed by atoms with van der Waals surface area (Å²) in [5, 5.41) is 14.5. The van der Waals surface area contributed by atoms with Gasteiger partial charge in [-0.1, -0.05) is 48.5 Å². The molecule has 0 unspecified atom stereocenters. The van der Waals surface area contributed by atoms with Crippen molar-refractivity contribution in [2.24, 2.45) is 5.92 Å². The summed E-state index contributed by atoms with van der Waals surface area (Å²) in [6, 6.07) is 19.0. The topological polar surface area (TPSA) is 66.4 Å². The van der Waals surface area contributed by atoms with Crippen LogP contribution in [0.15, 0.2) is 71.9 Å². The highest BCUT2D eigenvalue weighted by atomic mass is 16.3. The van der Waals surface area contributed by atoms with Gasteiger partial charge in [0.05, 0.1) is 11.5 Å². The Bertz CT molecular complexity index is 869. The van der Waals surface area contributed by atoms with Crippen LogP contribution in [0.25, 0.3) is 0 Å². The van der Waals surface area contributed by atoms with Gasteiger partial charge in [0.15, 0.2) is 5.78 Å². The molecule has 1 aliphatic rings. The zero-order chi connectivity index (χ0) is 19.6. The minimum Gasteiger partial charge on any atom is -0.389 e. The smallest absolute Gasteiger partial charge is 0.158 e. The molecule has 2 aromatic carbocycles. The lowest BCUT2D eigenvalue weighted by molar-refractivity contribution is -0.131. The van der Waals surface area contributed by atoms with Crippen LogP contribution in [-0.2, 0) is 9.59 Å². The number of ketones is 2. The third-order valence-corrected chi connectivity index (χ3v) is 5.22. The maximum Gasteiger partial charge on any atom is 0.158 e. The molecule has 2 aromatic rings. The van der Waals surface area contributed by atoms with Gasteiger partial charge in [-0.15, -0.1) is 0 Å². The van der Waals surface area contributed by atoms with Crippen molar-refractivity contribution in [2.45, 2.75) is 38.7 Å². The molecule has 4 heteroatoms. The molecule has 0 saturated heterocycles. The van der Waals surface area contributed by atoms with E-state index >= 15 is 0 Å². The summed E-state index contributed by atoms with van der Waals surface area (Å²) in [4.78, 5) is 25.2. The average molecular weight is 363 g/mol. The van der Waals surface area contributed by atoms with E-state index in [0.717, 1.165) is 11.3 Å². The quantitative estimate of drug-likeness (QED) is 0.840. The van der Waals surface area contributed by atoms with Crippen LogP contribution in [0.4, 0.5) is 5.69 Å². The number of allylic oxidation sites excluding steroid dienone is 1. The van der Waals surface area contributed by atoms with Gasteiger partial charge in [-0.25, -0.2) is 0 Å². The van der Waals surface area contributed by atoms with E-state index in [4.69, 9.17) is 0 Å². The molecule has 3 atom stereocenters. The molecule has 0 aromatic heterocycles. The summed E-state index contributed by atoms with van der Waals surface area (Å²) in [7, 11) is 0. The second kappa shape index (κ2) is 7.49. The van der Waals surface area contributed by atoms with Gasteiger partial charge < -0.3 is 10.4 Å². The van der Waals surface area contributed by atoms with Crippen molar-refractivity contribution in [1.29, 1.82) is 0 Å². The summed E-state index contributed by atoms with van der Waals surface area (Å²) in [5.41, 5.74) is 1.68. The van der Waals surface area contributed by atoms with E-state index < -0.39 is 17.4 Å². The lowest BCUT2D eigenvalue weighted by atomic mass is 9.64. The fourth-order valence-corrected chi connectivity index (χ4v) is 4.21. The molecule has 0 bridgehead atoms. The van der Waals surface area contributed by atoms with E-state index in [0.29, 0.717) is 11.3 Å². The predicted molar refractivity (Wildman–Crippen MR) is 106 cm³/mol. The zero-order valence-corrected chi connectivity index (χ0v) is 15.9. The molecule has 2 N–H and O–H groups in total. The number of rotatable bonds is 5. The number of hydrogen-bond donors (Lipinski definition) is 2. The molecule has 1 aliphatic carbocycles. The molecule has 27 heavy (non-hydrogen) atoms. The van der Waals surface area contributed by atoms with Crippen molar-refractivity contribution >= 4 is 17.3 Å².